The Labute approximate surface area is 116 Å². The second-order valence-corrected chi connectivity index (χ2v) is 5.18. The lowest BCUT2D eigenvalue weighted by atomic mass is 10.1. The largest absolute Gasteiger partial charge is 0.396 e. The van der Waals surface area contributed by atoms with Crippen molar-refractivity contribution < 1.29 is 15.3 Å². The highest BCUT2D eigenvalue weighted by Gasteiger charge is 2.42. The second-order valence-electron chi connectivity index (χ2n) is 5.18. The van der Waals surface area contributed by atoms with E-state index < -0.39 is 12.2 Å². The van der Waals surface area contributed by atoms with E-state index in [0.717, 1.165) is 11.3 Å². The molecule has 106 valence electrons. The van der Waals surface area contributed by atoms with Gasteiger partial charge in [-0.15, -0.1) is 5.10 Å². The number of aliphatic hydroxyl groups excluding tert-OH is 3. The van der Waals surface area contributed by atoms with Gasteiger partial charge in [-0.05, 0) is 6.42 Å². The molecule has 0 saturated heterocycles. The summed E-state index contributed by atoms with van der Waals surface area (Å²) in [5.74, 6) is -0.320. The summed E-state index contributed by atoms with van der Waals surface area (Å²) in [6.45, 7) is -0.144. The molecule has 0 aliphatic heterocycles. The Morgan fingerprint density at radius 3 is 2.55 bits per heavy atom. The van der Waals surface area contributed by atoms with Gasteiger partial charge in [0.1, 0.15) is 11.8 Å². The van der Waals surface area contributed by atoms with Crippen molar-refractivity contribution in [2.75, 3.05) is 6.61 Å². The summed E-state index contributed by atoms with van der Waals surface area (Å²) in [5, 5.41) is 37.2. The maximum atomic E-state index is 10.0. The van der Waals surface area contributed by atoms with Crippen LogP contribution >= 0.6 is 0 Å². The molecule has 3 N–H and O–H groups in total. The Bertz CT molecular complexity index is 572. The number of aromatic nitrogens is 3. The lowest BCUT2D eigenvalue weighted by Crippen LogP contribution is -2.30. The van der Waals surface area contributed by atoms with Crippen LogP contribution in [0.15, 0.2) is 36.5 Å². The normalized spacial score (nSPS) is 29.8. The van der Waals surface area contributed by atoms with Crippen molar-refractivity contribution in [3.05, 3.63) is 36.5 Å². The third kappa shape index (κ3) is 2.22. The van der Waals surface area contributed by atoms with Gasteiger partial charge in [0.05, 0.1) is 18.3 Å². The first kappa shape index (κ1) is 13.2. The van der Waals surface area contributed by atoms with Gasteiger partial charge < -0.3 is 15.3 Å². The summed E-state index contributed by atoms with van der Waals surface area (Å²) in [4.78, 5) is 0. The highest BCUT2D eigenvalue weighted by atomic mass is 16.3. The number of benzene rings is 1. The molecule has 0 spiro atoms. The quantitative estimate of drug-likeness (QED) is 0.745. The minimum atomic E-state index is -0.933. The Morgan fingerprint density at radius 2 is 1.90 bits per heavy atom. The number of rotatable bonds is 3. The Hall–Kier alpha value is -1.76. The van der Waals surface area contributed by atoms with Crippen LogP contribution in [0.4, 0.5) is 0 Å². The van der Waals surface area contributed by atoms with Gasteiger partial charge in [-0.25, -0.2) is 4.68 Å². The van der Waals surface area contributed by atoms with Crippen LogP contribution in [-0.4, -0.2) is 49.1 Å². The maximum absolute atomic E-state index is 10.0. The Kier molecular flexibility index (Phi) is 3.52. The Balaban J connectivity index is 1.84. The summed E-state index contributed by atoms with van der Waals surface area (Å²) < 4.78 is 1.58. The molecule has 0 radical (unpaired) electrons. The molecular formula is C14H17N3O3. The monoisotopic (exact) mass is 275 g/mol. The summed E-state index contributed by atoms with van der Waals surface area (Å²) in [7, 11) is 0. The number of nitrogens with zero attached hydrogens (tertiary/aromatic N) is 3. The molecule has 0 bridgehead atoms. The van der Waals surface area contributed by atoms with Crippen LogP contribution < -0.4 is 0 Å². The van der Waals surface area contributed by atoms with Crippen molar-refractivity contribution in [3.8, 4) is 11.3 Å². The first-order chi connectivity index (χ1) is 9.70. The average Bonchev–Trinajstić information content (AvgIpc) is 3.07. The topological polar surface area (TPSA) is 91.4 Å². The molecule has 0 amide bonds. The van der Waals surface area contributed by atoms with Gasteiger partial charge >= 0.3 is 0 Å². The number of hydrogen-bond acceptors (Lipinski definition) is 5. The molecule has 20 heavy (non-hydrogen) atoms. The molecule has 1 heterocycles. The highest BCUT2D eigenvalue weighted by molar-refractivity contribution is 5.57. The van der Waals surface area contributed by atoms with Gasteiger partial charge in [-0.1, -0.05) is 35.5 Å². The number of hydrogen-bond donors (Lipinski definition) is 3. The number of aliphatic hydroxyl groups is 3. The van der Waals surface area contributed by atoms with E-state index in [9.17, 15) is 15.3 Å². The van der Waals surface area contributed by atoms with E-state index >= 15 is 0 Å². The van der Waals surface area contributed by atoms with Crippen LogP contribution in [-0.2, 0) is 0 Å². The van der Waals surface area contributed by atoms with Crippen LogP contribution in [0.3, 0.4) is 0 Å². The van der Waals surface area contributed by atoms with E-state index in [4.69, 9.17) is 0 Å². The van der Waals surface area contributed by atoms with E-state index in [1.807, 2.05) is 30.3 Å². The molecule has 2 aromatic rings. The van der Waals surface area contributed by atoms with E-state index in [-0.39, 0.29) is 18.6 Å². The van der Waals surface area contributed by atoms with E-state index in [0.29, 0.717) is 6.42 Å². The van der Waals surface area contributed by atoms with E-state index in [1.165, 1.54) is 0 Å². The molecule has 4 atom stereocenters. The molecule has 1 saturated carbocycles. The first-order valence-corrected chi connectivity index (χ1v) is 6.65. The summed E-state index contributed by atoms with van der Waals surface area (Å²) in [6, 6.07) is 9.29. The molecule has 1 aliphatic carbocycles. The fourth-order valence-corrected chi connectivity index (χ4v) is 2.72. The van der Waals surface area contributed by atoms with Crippen molar-refractivity contribution >= 4 is 0 Å². The standard InChI is InChI=1S/C14H17N3O3/c18-8-10-6-12(14(20)13(10)19)17-7-11(15-16-17)9-4-2-1-3-5-9/h1-5,7,10,12-14,18-20H,6,8H2/t10-,12-,13-,14+/m1/s1. The minimum absolute atomic E-state index is 0.144. The maximum Gasteiger partial charge on any atom is 0.113 e. The zero-order chi connectivity index (χ0) is 14.1. The van der Waals surface area contributed by atoms with Crippen LogP contribution in [0.2, 0.25) is 0 Å². The molecule has 6 heteroatoms. The van der Waals surface area contributed by atoms with Gasteiger partial charge in [-0.2, -0.15) is 0 Å². The van der Waals surface area contributed by atoms with Crippen LogP contribution in [0, 0.1) is 5.92 Å². The predicted molar refractivity (Wildman–Crippen MR) is 71.7 cm³/mol. The summed E-state index contributed by atoms with van der Waals surface area (Å²) in [5.41, 5.74) is 1.67. The summed E-state index contributed by atoms with van der Waals surface area (Å²) in [6.07, 6.45) is 0.387. The predicted octanol–water partition coefficient (Wildman–Crippen LogP) is 0.220. The van der Waals surface area contributed by atoms with E-state index in [1.54, 1.807) is 10.9 Å². The Morgan fingerprint density at radius 1 is 1.15 bits per heavy atom. The zero-order valence-electron chi connectivity index (χ0n) is 10.9. The van der Waals surface area contributed by atoms with Crippen LogP contribution in [0.5, 0.6) is 0 Å². The highest BCUT2D eigenvalue weighted by Crippen LogP contribution is 2.35. The molecular weight excluding hydrogens is 258 g/mol. The van der Waals surface area contributed by atoms with Crippen LogP contribution in [0.1, 0.15) is 12.5 Å². The van der Waals surface area contributed by atoms with Crippen molar-refractivity contribution in [1.82, 2.24) is 15.0 Å². The lowest BCUT2D eigenvalue weighted by molar-refractivity contribution is -0.00554. The lowest BCUT2D eigenvalue weighted by Gasteiger charge is -2.16. The second kappa shape index (κ2) is 5.32. The van der Waals surface area contributed by atoms with Gasteiger partial charge in [0, 0.05) is 18.1 Å². The molecule has 0 unspecified atom stereocenters. The molecule has 6 nitrogen and oxygen atoms in total. The van der Waals surface area contributed by atoms with Gasteiger partial charge in [-0.3, -0.25) is 0 Å². The first-order valence-electron chi connectivity index (χ1n) is 6.65. The van der Waals surface area contributed by atoms with Crippen LogP contribution in [0.25, 0.3) is 11.3 Å². The van der Waals surface area contributed by atoms with Gasteiger partial charge in [0.15, 0.2) is 0 Å². The van der Waals surface area contributed by atoms with E-state index in [2.05, 4.69) is 10.3 Å². The van der Waals surface area contributed by atoms with Crippen molar-refractivity contribution in [2.24, 2.45) is 5.92 Å². The van der Waals surface area contributed by atoms with Gasteiger partial charge in [0.2, 0.25) is 0 Å². The van der Waals surface area contributed by atoms with Crippen molar-refractivity contribution in [1.29, 1.82) is 0 Å². The zero-order valence-corrected chi connectivity index (χ0v) is 10.9. The fraction of sp³-hybridized carbons (Fsp3) is 0.429. The smallest absolute Gasteiger partial charge is 0.113 e. The SMILES string of the molecule is OC[C@H]1C[C@@H](n2cc(-c3ccccc3)nn2)[C@H](O)[C@@H]1O. The molecule has 1 fully saturated rings. The van der Waals surface area contributed by atoms with Crippen molar-refractivity contribution in [3.63, 3.8) is 0 Å². The van der Waals surface area contributed by atoms with Crippen molar-refractivity contribution in [2.45, 2.75) is 24.7 Å². The molecule has 1 aliphatic rings. The molecule has 3 rings (SSSR count). The molecule has 1 aromatic heterocycles. The molecule has 1 aromatic carbocycles. The average molecular weight is 275 g/mol. The third-order valence-corrected chi connectivity index (χ3v) is 3.93. The minimum Gasteiger partial charge on any atom is -0.396 e. The fourth-order valence-electron chi connectivity index (χ4n) is 2.72. The van der Waals surface area contributed by atoms with Gasteiger partial charge in [0.25, 0.3) is 0 Å². The third-order valence-electron chi connectivity index (χ3n) is 3.93. The summed E-state index contributed by atoms with van der Waals surface area (Å²) >= 11 is 0.